The maximum absolute atomic E-state index is 5.92. The van der Waals surface area contributed by atoms with E-state index in [0.29, 0.717) is 11.6 Å². The van der Waals surface area contributed by atoms with Crippen molar-refractivity contribution in [2.45, 2.75) is 6.54 Å². The van der Waals surface area contributed by atoms with Gasteiger partial charge in [0.1, 0.15) is 0 Å². The number of rotatable bonds is 1. The van der Waals surface area contributed by atoms with Gasteiger partial charge < -0.3 is 5.73 Å². The van der Waals surface area contributed by atoms with Crippen molar-refractivity contribution in [1.29, 1.82) is 0 Å². The van der Waals surface area contributed by atoms with Gasteiger partial charge in [-0.05, 0) is 34.1 Å². The Bertz CT molecular complexity index is 485. The molecule has 0 aliphatic carbocycles. The number of fused-ring (bicyclic) bond motifs is 1. The average Bonchev–Trinajstić information content (AvgIpc) is 2.17. The normalized spacial score (nSPS) is 10.8. The molecule has 0 bridgehead atoms. The highest BCUT2D eigenvalue weighted by Crippen LogP contribution is 2.26. The van der Waals surface area contributed by atoms with Crippen LogP contribution in [-0.2, 0) is 6.54 Å². The van der Waals surface area contributed by atoms with E-state index < -0.39 is 0 Å². The van der Waals surface area contributed by atoms with E-state index in [1.54, 1.807) is 0 Å². The van der Waals surface area contributed by atoms with Crippen molar-refractivity contribution in [1.82, 2.24) is 4.98 Å². The molecule has 1 heterocycles. The molecule has 0 radical (unpaired) electrons. The van der Waals surface area contributed by atoms with Gasteiger partial charge >= 0.3 is 0 Å². The maximum Gasteiger partial charge on any atom is 0.0848 e. The molecule has 14 heavy (non-hydrogen) atoms. The topological polar surface area (TPSA) is 38.9 Å². The first-order valence-electron chi connectivity index (χ1n) is 4.15. The van der Waals surface area contributed by atoms with Crippen molar-refractivity contribution in [2.24, 2.45) is 5.73 Å². The number of hydrogen-bond donors (Lipinski definition) is 1. The molecule has 0 saturated carbocycles. The SMILES string of the molecule is NCc1ccc2cc(Cl)cc(Br)c2n1. The lowest BCUT2D eigenvalue weighted by Gasteiger charge is -2.03. The summed E-state index contributed by atoms with van der Waals surface area (Å²) in [5, 5.41) is 1.72. The Morgan fingerprint density at radius 1 is 1.36 bits per heavy atom. The standard InChI is InChI=1S/C10H8BrClN2/c11-9-4-7(12)3-6-1-2-8(5-13)14-10(6)9/h1-4H,5,13H2. The smallest absolute Gasteiger partial charge is 0.0848 e. The molecule has 0 amide bonds. The Kier molecular flexibility index (Phi) is 2.72. The highest BCUT2D eigenvalue weighted by atomic mass is 79.9. The minimum Gasteiger partial charge on any atom is -0.325 e. The van der Waals surface area contributed by atoms with Gasteiger partial charge in [0.2, 0.25) is 0 Å². The van der Waals surface area contributed by atoms with Crippen molar-refractivity contribution in [3.05, 3.63) is 39.5 Å². The van der Waals surface area contributed by atoms with Crippen LogP contribution in [0.1, 0.15) is 5.69 Å². The molecule has 1 aromatic heterocycles. The van der Waals surface area contributed by atoms with E-state index in [0.717, 1.165) is 21.1 Å². The Balaban J connectivity index is 2.75. The van der Waals surface area contributed by atoms with E-state index in [4.69, 9.17) is 17.3 Å². The van der Waals surface area contributed by atoms with E-state index in [1.807, 2.05) is 24.3 Å². The monoisotopic (exact) mass is 270 g/mol. The van der Waals surface area contributed by atoms with Crippen molar-refractivity contribution in [3.8, 4) is 0 Å². The number of nitrogens with two attached hydrogens (primary N) is 1. The summed E-state index contributed by atoms with van der Waals surface area (Å²) in [6.45, 7) is 0.449. The van der Waals surface area contributed by atoms with Crippen LogP contribution in [0, 0.1) is 0 Å². The molecule has 0 fully saturated rings. The number of pyridine rings is 1. The third-order valence-corrected chi connectivity index (χ3v) is 2.80. The van der Waals surface area contributed by atoms with Crippen LogP contribution >= 0.6 is 27.5 Å². The largest absolute Gasteiger partial charge is 0.325 e. The number of nitrogens with zero attached hydrogens (tertiary/aromatic N) is 1. The maximum atomic E-state index is 5.92. The van der Waals surface area contributed by atoms with Gasteiger partial charge in [0.25, 0.3) is 0 Å². The van der Waals surface area contributed by atoms with Gasteiger partial charge in [0.05, 0.1) is 11.2 Å². The quantitative estimate of drug-likeness (QED) is 0.865. The second-order valence-electron chi connectivity index (χ2n) is 2.97. The van der Waals surface area contributed by atoms with Crippen LogP contribution in [-0.4, -0.2) is 4.98 Å². The summed E-state index contributed by atoms with van der Waals surface area (Å²) in [6, 6.07) is 7.60. The number of benzene rings is 1. The number of aromatic nitrogens is 1. The summed E-state index contributed by atoms with van der Waals surface area (Å²) in [4.78, 5) is 4.40. The molecule has 1 aromatic carbocycles. The van der Waals surface area contributed by atoms with E-state index in [-0.39, 0.29) is 0 Å². The Morgan fingerprint density at radius 3 is 2.86 bits per heavy atom. The molecular formula is C10H8BrClN2. The molecular weight excluding hydrogens is 263 g/mol. The Hall–Kier alpha value is -0.640. The zero-order valence-electron chi connectivity index (χ0n) is 7.30. The third kappa shape index (κ3) is 1.75. The first-order valence-corrected chi connectivity index (χ1v) is 5.32. The summed E-state index contributed by atoms with van der Waals surface area (Å²) in [7, 11) is 0. The zero-order valence-corrected chi connectivity index (χ0v) is 9.64. The summed E-state index contributed by atoms with van der Waals surface area (Å²) < 4.78 is 0.898. The predicted molar refractivity (Wildman–Crippen MR) is 62.3 cm³/mol. The molecule has 0 atom stereocenters. The molecule has 0 spiro atoms. The fraction of sp³-hybridized carbons (Fsp3) is 0.100. The van der Waals surface area contributed by atoms with Crippen LogP contribution in [0.5, 0.6) is 0 Å². The third-order valence-electron chi connectivity index (χ3n) is 1.98. The van der Waals surface area contributed by atoms with Crippen LogP contribution in [0.15, 0.2) is 28.7 Å². The fourth-order valence-electron chi connectivity index (χ4n) is 1.31. The molecule has 2 nitrogen and oxygen atoms in total. The molecule has 2 aromatic rings. The Labute approximate surface area is 95.2 Å². The van der Waals surface area contributed by atoms with Gasteiger partial charge in [0, 0.05) is 21.4 Å². The van der Waals surface area contributed by atoms with Crippen LogP contribution in [0.3, 0.4) is 0 Å². The first-order chi connectivity index (χ1) is 6.70. The molecule has 4 heteroatoms. The molecule has 2 N–H and O–H groups in total. The summed E-state index contributed by atoms with van der Waals surface area (Å²) in [5.74, 6) is 0. The lowest BCUT2D eigenvalue weighted by Crippen LogP contribution is -1.99. The fourth-order valence-corrected chi connectivity index (χ4v) is 2.23. The zero-order chi connectivity index (χ0) is 10.1. The van der Waals surface area contributed by atoms with Gasteiger partial charge in [0.15, 0.2) is 0 Å². The van der Waals surface area contributed by atoms with Crippen LogP contribution < -0.4 is 5.73 Å². The molecule has 0 aliphatic rings. The molecule has 0 saturated heterocycles. The first kappa shape index (κ1) is 9.90. The minimum absolute atomic E-state index is 0.449. The molecule has 2 rings (SSSR count). The summed E-state index contributed by atoms with van der Waals surface area (Å²) in [6.07, 6.45) is 0. The van der Waals surface area contributed by atoms with E-state index >= 15 is 0 Å². The van der Waals surface area contributed by atoms with Crippen LogP contribution in [0.2, 0.25) is 5.02 Å². The van der Waals surface area contributed by atoms with Crippen molar-refractivity contribution in [3.63, 3.8) is 0 Å². The number of hydrogen-bond acceptors (Lipinski definition) is 2. The highest BCUT2D eigenvalue weighted by Gasteiger charge is 2.03. The van der Waals surface area contributed by atoms with Gasteiger partial charge in [-0.1, -0.05) is 17.7 Å². The van der Waals surface area contributed by atoms with Gasteiger partial charge in [-0.2, -0.15) is 0 Å². The Morgan fingerprint density at radius 2 is 2.14 bits per heavy atom. The van der Waals surface area contributed by atoms with Crippen LogP contribution in [0.25, 0.3) is 10.9 Å². The van der Waals surface area contributed by atoms with E-state index in [2.05, 4.69) is 20.9 Å². The summed E-state index contributed by atoms with van der Waals surface area (Å²) in [5.41, 5.74) is 7.29. The lowest BCUT2D eigenvalue weighted by molar-refractivity contribution is 1.01. The average molecular weight is 272 g/mol. The van der Waals surface area contributed by atoms with Gasteiger partial charge in [-0.25, -0.2) is 0 Å². The van der Waals surface area contributed by atoms with Crippen LogP contribution in [0.4, 0.5) is 0 Å². The van der Waals surface area contributed by atoms with E-state index in [1.165, 1.54) is 0 Å². The summed E-state index contributed by atoms with van der Waals surface area (Å²) >= 11 is 9.34. The molecule has 0 unspecified atom stereocenters. The second-order valence-corrected chi connectivity index (χ2v) is 4.26. The highest BCUT2D eigenvalue weighted by molar-refractivity contribution is 9.10. The van der Waals surface area contributed by atoms with Gasteiger partial charge in [-0.3, -0.25) is 4.98 Å². The van der Waals surface area contributed by atoms with Gasteiger partial charge in [-0.15, -0.1) is 0 Å². The van der Waals surface area contributed by atoms with E-state index in [9.17, 15) is 0 Å². The van der Waals surface area contributed by atoms with Crippen molar-refractivity contribution < 1.29 is 0 Å². The predicted octanol–water partition coefficient (Wildman–Crippen LogP) is 3.11. The molecule has 72 valence electrons. The molecule has 0 aliphatic heterocycles. The number of halogens is 2. The lowest BCUT2D eigenvalue weighted by atomic mass is 10.2. The second kappa shape index (κ2) is 3.85. The van der Waals surface area contributed by atoms with Crippen molar-refractivity contribution >= 4 is 38.4 Å². The van der Waals surface area contributed by atoms with Crippen molar-refractivity contribution in [2.75, 3.05) is 0 Å². The minimum atomic E-state index is 0.449.